The van der Waals surface area contributed by atoms with E-state index in [0.717, 1.165) is 27.5 Å². The number of hydrogen-bond donors (Lipinski definition) is 2. The van der Waals surface area contributed by atoms with Crippen LogP contribution in [0.25, 0.3) is 27.5 Å². The fourth-order valence-corrected chi connectivity index (χ4v) is 4.47. The van der Waals surface area contributed by atoms with Crippen LogP contribution in [-0.4, -0.2) is 26.0 Å². The van der Waals surface area contributed by atoms with Crippen LogP contribution in [0.5, 0.6) is 5.75 Å². The maximum atomic E-state index is 12.7. The average molecular weight is 530 g/mol. The molecule has 39 heavy (non-hydrogen) atoms. The quantitative estimate of drug-likeness (QED) is 0.247. The minimum absolute atomic E-state index is 0.185. The molecule has 0 radical (unpaired) electrons. The Morgan fingerprint density at radius 2 is 1.54 bits per heavy atom. The zero-order chi connectivity index (χ0) is 26.6. The van der Waals surface area contributed by atoms with Gasteiger partial charge in [0.1, 0.15) is 23.4 Å². The molecule has 7 nitrogen and oxygen atoms in total. The first kappa shape index (κ1) is 24.3. The Morgan fingerprint density at radius 3 is 2.38 bits per heavy atom. The highest BCUT2D eigenvalue weighted by Crippen LogP contribution is 2.23. The highest BCUT2D eigenvalue weighted by molar-refractivity contribution is 7.80. The number of hydrogen-bond acceptors (Lipinski definition) is 5. The topological polar surface area (TPSA) is 81.1 Å². The molecule has 2 N–H and O–H groups in total. The zero-order valence-electron chi connectivity index (χ0n) is 20.7. The lowest BCUT2D eigenvalue weighted by atomic mass is 10.1. The first-order chi connectivity index (χ1) is 19.1. The monoisotopic (exact) mass is 529 g/mol. The Kier molecular flexibility index (Phi) is 6.67. The van der Waals surface area contributed by atoms with Gasteiger partial charge in [0.05, 0.1) is 5.69 Å². The summed E-state index contributed by atoms with van der Waals surface area (Å²) in [5, 5.41) is 17.5. The lowest BCUT2D eigenvalue weighted by Crippen LogP contribution is -2.34. The van der Waals surface area contributed by atoms with Gasteiger partial charge in [-0.3, -0.25) is 10.1 Å². The SMILES string of the molecule is O=C(NC(=S)Nc1ccc2nn(-c3cccc4ccccc34)nc2c1)c1ccc(OCc2ccccc2)cc1. The molecule has 1 aromatic heterocycles. The molecule has 0 unspecified atom stereocenters. The lowest BCUT2D eigenvalue weighted by Gasteiger charge is -2.10. The summed E-state index contributed by atoms with van der Waals surface area (Å²) >= 11 is 5.38. The van der Waals surface area contributed by atoms with Gasteiger partial charge >= 0.3 is 0 Å². The molecule has 0 fully saturated rings. The number of aromatic nitrogens is 3. The number of benzene rings is 5. The van der Waals surface area contributed by atoms with E-state index in [-0.39, 0.29) is 11.0 Å². The number of nitrogens with one attached hydrogen (secondary N) is 2. The van der Waals surface area contributed by atoms with Crippen molar-refractivity contribution < 1.29 is 9.53 Å². The largest absolute Gasteiger partial charge is 0.489 e. The van der Waals surface area contributed by atoms with Gasteiger partial charge in [-0.05, 0) is 71.7 Å². The smallest absolute Gasteiger partial charge is 0.257 e. The van der Waals surface area contributed by atoms with E-state index >= 15 is 0 Å². The van der Waals surface area contributed by atoms with E-state index in [1.807, 2.05) is 72.8 Å². The number of carbonyl (C=O) groups is 1. The third kappa shape index (κ3) is 5.46. The fraction of sp³-hybridized carbons (Fsp3) is 0.0323. The van der Waals surface area contributed by atoms with Gasteiger partial charge in [0.15, 0.2) is 5.11 Å². The molecule has 8 heteroatoms. The van der Waals surface area contributed by atoms with Crippen molar-refractivity contribution in [2.45, 2.75) is 6.61 Å². The number of carbonyl (C=O) groups excluding carboxylic acids is 1. The summed E-state index contributed by atoms with van der Waals surface area (Å²) in [6.07, 6.45) is 0. The Balaban J connectivity index is 1.10. The van der Waals surface area contributed by atoms with Gasteiger partial charge in [0.25, 0.3) is 5.91 Å². The van der Waals surface area contributed by atoms with Crippen LogP contribution in [0.3, 0.4) is 0 Å². The molecule has 5 aromatic carbocycles. The van der Waals surface area contributed by atoms with E-state index in [1.54, 1.807) is 29.1 Å². The highest BCUT2D eigenvalue weighted by atomic mass is 32.1. The van der Waals surface area contributed by atoms with Crippen LogP contribution in [0.4, 0.5) is 5.69 Å². The maximum Gasteiger partial charge on any atom is 0.257 e. The standard InChI is InChI=1S/C31H23N5O2S/c37-30(23-13-16-25(17-14-23)38-20-21-7-2-1-3-8-21)33-31(39)32-24-15-18-27-28(19-24)35-36(34-27)29-12-6-10-22-9-4-5-11-26(22)29/h1-19H,20H2,(H2,32,33,37,39). The normalized spacial score (nSPS) is 10.9. The van der Waals surface area contributed by atoms with Gasteiger partial charge in [0.2, 0.25) is 0 Å². The molecule has 0 saturated heterocycles. The molecule has 0 spiro atoms. The predicted octanol–water partition coefficient (Wildman–Crippen LogP) is 6.28. The number of rotatable bonds is 6. The number of amides is 1. The molecule has 0 atom stereocenters. The molecular weight excluding hydrogens is 506 g/mol. The summed E-state index contributed by atoms with van der Waals surface area (Å²) in [4.78, 5) is 14.4. The number of ether oxygens (including phenoxy) is 1. The Bertz CT molecular complexity index is 1790. The Hall–Kier alpha value is -5.08. The molecule has 0 aliphatic rings. The molecule has 0 aliphatic carbocycles. The number of anilines is 1. The maximum absolute atomic E-state index is 12.7. The molecular formula is C31H23N5O2S. The van der Waals surface area contributed by atoms with E-state index in [4.69, 9.17) is 17.0 Å². The third-order valence-corrected chi connectivity index (χ3v) is 6.42. The van der Waals surface area contributed by atoms with Crippen LogP contribution >= 0.6 is 12.2 Å². The molecule has 1 heterocycles. The molecule has 6 aromatic rings. The Morgan fingerprint density at radius 1 is 0.795 bits per heavy atom. The lowest BCUT2D eigenvalue weighted by molar-refractivity contribution is 0.0977. The Labute approximate surface area is 230 Å². The van der Waals surface area contributed by atoms with Gasteiger partial charge in [0, 0.05) is 16.6 Å². The molecule has 190 valence electrons. The third-order valence-electron chi connectivity index (χ3n) is 6.21. The first-order valence-corrected chi connectivity index (χ1v) is 12.8. The van der Waals surface area contributed by atoms with E-state index in [9.17, 15) is 4.79 Å². The number of thiocarbonyl (C=S) groups is 1. The molecule has 0 saturated carbocycles. The summed E-state index contributed by atoms with van der Waals surface area (Å²) in [5.74, 6) is 0.367. The summed E-state index contributed by atoms with van der Waals surface area (Å²) in [6, 6.07) is 36.6. The average Bonchev–Trinajstić information content (AvgIpc) is 3.40. The summed E-state index contributed by atoms with van der Waals surface area (Å²) < 4.78 is 5.79. The van der Waals surface area contributed by atoms with Crippen molar-refractivity contribution in [3.63, 3.8) is 0 Å². The van der Waals surface area contributed by atoms with Crippen molar-refractivity contribution in [1.29, 1.82) is 0 Å². The van der Waals surface area contributed by atoms with Gasteiger partial charge in [-0.1, -0.05) is 66.7 Å². The molecule has 6 rings (SSSR count). The minimum Gasteiger partial charge on any atom is -0.489 e. The van der Waals surface area contributed by atoms with E-state index in [2.05, 4.69) is 39.0 Å². The molecule has 0 aliphatic heterocycles. The summed E-state index contributed by atoms with van der Waals surface area (Å²) in [6.45, 7) is 0.459. The van der Waals surface area contributed by atoms with Crippen LogP contribution in [-0.2, 0) is 6.61 Å². The second-order valence-corrected chi connectivity index (χ2v) is 9.31. The summed E-state index contributed by atoms with van der Waals surface area (Å²) in [5.41, 5.74) is 4.59. The predicted molar refractivity (Wildman–Crippen MR) is 157 cm³/mol. The van der Waals surface area contributed by atoms with Crippen LogP contribution in [0.1, 0.15) is 15.9 Å². The van der Waals surface area contributed by atoms with Crippen molar-refractivity contribution in [2.75, 3.05) is 5.32 Å². The van der Waals surface area contributed by atoms with Gasteiger partial charge in [-0.25, -0.2) is 0 Å². The van der Waals surface area contributed by atoms with Crippen LogP contribution in [0.2, 0.25) is 0 Å². The van der Waals surface area contributed by atoms with E-state index < -0.39 is 0 Å². The van der Waals surface area contributed by atoms with Gasteiger partial charge in [-0.2, -0.15) is 0 Å². The second kappa shape index (κ2) is 10.7. The van der Waals surface area contributed by atoms with E-state index in [1.165, 1.54) is 0 Å². The van der Waals surface area contributed by atoms with E-state index in [0.29, 0.717) is 29.1 Å². The highest BCUT2D eigenvalue weighted by Gasteiger charge is 2.11. The number of fused-ring (bicyclic) bond motifs is 2. The summed E-state index contributed by atoms with van der Waals surface area (Å²) in [7, 11) is 0. The van der Waals surface area contributed by atoms with Crippen molar-refractivity contribution in [1.82, 2.24) is 20.3 Å². The minimum atomic E-state index is -0.315. The zero-order valence-corrected chi connectivity index (χ0v) is 21.6. The molecule has 1 amide bonds. The van der Waals surface area contributed by atoms with Gasteiger partial charge in [-0.15, -0.1) is 15.0 Å². The van der Waals surface area contributed by atoms with Crippen molar-refractivity contribution in [3.8, 4) is 11.4 Å². The fourth-order valence-electron chi connectivity index (χ4n) is 4.26. The van der Waals surface area contributed by atoms with Crippen LogP contribution in [0, 0.1) is 0 Å². The van der Waals surface area contributed by atoms with Crippen molar-refractivity contribution in [3.05, 3.63) is 126 Å². The van der Waals surface area contributed by atoms with Crippen molar-refractivity contribution >= 4 is 50.7 Å². The van der Waals surface area contributed by atoms with Crippen LogP contribution < -0.4 is 15.4 Å². The van der Waals surface area contributed by atoms with Crippen LogP contribution in [0.15, 0.2) is 115 Å². The first-order valence-electron chi connectivity index (χ1n) is 12.4. The molecule has 0 bridgehead atoms. The second-order valence-electron chi connectivity index (χ2n) is 8.90. The van der Waals surface area contributed by atoms with Crippen molar-refractivity contribution in [2.24, 2.45) is 0 Å². The van der Waals surface area contributed by atoms with Gasteiger partial charge < -0.3 is 10.1 Å². The number of nitrogens with zero attached hydrogens (tertiary/aromatic N) is 3.